The molecule has 21 heavy (non-hydrogen) atoms. The highest BCUT2D eigenvalue weighted by Crippen LogP contribution is 2.33. The van der Waals surface area contributed by atoms with Crippen LogP contribution in [0, 0.1) is 5.92 Å². The van der Waals surface area contributed by atoms with Crippen molar-refractivity contribution in [1.82, 2.24) is 0 Å². The van der Waals surface area contributed by atoms with Crippen molar-refractivity contribution in [2.75, 3.05) is 13.7 Å². The molecule has 2 atom stereocenters. The van der Waals surface area contributed by atoms with Gasteiger partial charge in [0, 0.05) is 26.1 Å². The van der Waals surface area contributed by atoms with Gasteiger partial charge >= 0.3 is 0 Å². The van der Waals surface area contributed by atoms with Gasteiger partial charge in [0.2, 0.25) is 0 Å². The monoisotopic (exact) mass is 300 g/mol. The van der Waals surface area contributed by atoms with Crippen LogP contribution in [-0.2, 0) is 9.47 Å². The topological polar surface area (TPSA) is 18.5 Å². The molecule has 2 nitrogen and oxygen atoms in total. The number of methoxy groups -OCH3 is 1. The molecular formula is C19H40O2. The van der Waals surface area contributed by atoms with Crippen molar-refractivity contribution in [2.45, 2.75) is 104 Å². The van der Waals surface area contributed by atoms with Crippen molar-refractivity contribution in [2.24, 2.45) is 5.92 Å². The Kier molecular flexibility index (Phi) is 13.5. The minimum Gasteiger partial charge on any atom is -0.353 e. The fraction of sp³-hybridized carbons (Fsp3) is 1.00. The predicted molar refractivity (Wildman–Crippen MR) is 92.7 cm³/mol. The van der Waals surface area contributed by atoms with Crippen LogP contribution in [0.15, 0.2) is 0 Å². The van der Waals surface area contributed by atoms with Gasteiger partial charge in [-0.3, -0.25) is 0 Å². The summed E-state index contributed by atoms with van der Waals surface area (Å²) in [6.07, 6.45) is 13.8. The molecule has 128 valence electrons. The largest absolute Gasteiger partial charge is 0.353 e. The zero-order valence-corrected chi connectivity index (χ0v) is 15.4. The molecule has 0 spiro atoms. The van der Waals surface area contributed by atoms with E-state index in [1.807, 2.05) is 7.11 Å². The van der Waals surface area contributed by atoms with Crippen LogP contribution in [0.1, 0.15) is 98.3 Å². The highest BCUT2D eigenvalue weighted by Gasteiger charge is 2.36. The van der Waals surface area contributed by atoms with Crippen molar-refractivity contribution < 1.29 is 9.47 Å². The van der Waals surface area contributed by atoms with Gasteiger partial charge in [0.1, 0.15) is 0 Å². The molecule has 0 aliphatic carbocycles. The molecule has 0 aliphatic rings. The van der Waals surface area contributed by atoms with Crippen LogP contribution in [0.25, 0.3) is 0 Å². The number of hydrogen-bond acceptors (Lipinski definition) is 2. The second-order valence-electron chi connectivity index (χ2n) is 6.43. The van der Waals surface area contributed by atoms with Crippen molar-refractivity contribution >= 4 is 0 Å². The summed E-state index contributed by atoms with van der Waals surface area (Å²) in [5.41, 5.74) is 0. The van der Waals surface area contributed by atoms with Crippen LogP contribution >= 0.6 is 0 Å². The van der Waals surface area contributed by atoms with Crippen LogP contribution in [0.4, 0.5) is 0 Å². The molecule has 0 saturated heterocycles. The Hall–Kier alpha value is -0.0800. The van der Waals surface area contributed by atoms with Crippen LogP contribution < -0.4 is 0 Å². The summed E-state index contributed by atoms with van der Waals surface area (Å²) in [5, 5.41) is 0. The van der Waals surface area contributed by atoms with Crippen molar-refractivity contribution in [3.05, 3.63) is 0 Å². The standard InChI is InChI=1S/C19H40O2/c1-6-9-11-12-13-14-15-18(4)19(20-5,16-10-7-2)21-17-8-3/h18H,6-17H2,1-5H3. The fourth-order valence-electron chi connectivity index (χ4n) is 2.97. The maximum absolute atomic E-state index is 6.17. The Bertz CT molecular complexity index is 208. The minimum atomic E-state index is -0.352. The average molecular weight is 301 g/mol. The van der Waals surface area contributed by atoms with Crippen molar-refractivity contribution in [3.63, 3.8) is 0 Å². The van der Waals surface area contributed by atoms with E-state index < -0.39 is 0 Å². The predicted octanol–water partition coefficient (Wildman–Crippen LogP) is 6.33. The molecule has 0 amide bonds. The number of unbranched alkanes of at least 4 members (excludes halogenated alkanes) is 6. The maximum Gasteiger partial charge on any atom is 0.170 e. The molecule has 0 aliphatic heterocycles. The van der Waals surface area contributed by atoms with Crippen molar-refractivity contribution in [1.29, 1.82) is 0 Å². The normalized spacial score (nSPS) is 15.9. The number of hydrogen-bond donors (Lipinski definition) is 0. The SMILES string of the molecule is CCCCCCCCC(C)C(CCCC)(OC)OCCC. The quantitative estimate of drug-likeness (QED) is 0.260. The van der Waals surface area contributed by atoms with E-state index in [1.54, 1.807) is 0 Å². The van der Waals surface area contributed by atoms with Crippen LogP contribution in [0.5, 0.6) is 0 Å². The molecule has 0 aromatic carbocycles. The maximum atomic E-state index is 6.17. The summed E-state index contributed by atoms with van der Waals surface area (Å²) < 4.78 is 12.0. The third-order valence-electron chi connectivity index (χ3n) is 4.52. The zero-order chi connectivity index (χ0) is 16.0. The summed E-state index contributed by atoms with van der Waals surface area (Å²) in [4.78, 5) is 0. The first-order chi connectivity index (χ1) is 10.2. The first-order valence-corrected chi connectivity index (χ1v) is 9.35. The molecule has 0 rings (SSSR count). The second kappa shape index (κ2) is 13.6. The first kappa shape index (κ1) is 20.9. The van der Waals surface area contributed by atoms with E-state index in [-0.39, 0.29) is 5.79 Å². The highest BCUT2D eigenvalue weighted by molar-refractivity contribution is 4.77. The van der Waals surface area contributed by atoms with E-state index >= 15 is 0 Å². The van der Waals surface area contributed by atoms with Gasteiger partial charge in [-0.2, -0.15) is 0 Å². The Morgan fingerprint density at radius 1 is 0.810 bits per heavy atom. The molecule has 0 saturated carbocycles. The summed E-state index contributed by atoms with van der Waals surface area (Å²) in [7, 11) is 1.82. The lowest BCUT2D eigenvalue weighted by atomic mass is 9.89. The molecular weight excluding hydrogens is 260 g/mol. The van der Waals surface area contributed by atoms with E-state index in [1.165, 1.54) is 57.8 Å². The van der Waals surface area contributed by atoms with E-state index in [0.717, 1.165) is 19.4 Å². The first-order valence-electron chi connectivity index (χ1n) is 9.35. The van der Waals surface area contributed by atoms with Gasteiger partial charge < -0.3 is 9.47 Å². The van der Waals surface area contributed by atoms with Gasteiger partial charge in [0.15, 0.2) is 5.79 Å². The third kappa shape index (κ3) is 8.83. The average Bonchev–Trinajstić information content (AvgIpc) is 2.51. The van der Waals surface area contributed by atoms with Gasteiger partial charge in [-0.25, -0.2) is 0 Å². The molecule has 0 heterocycles. The lowest BCUT2D eigenvalue weighted by Crippen LogP contribution is -2.42. The minimum absolute atomic E-state index is 0.352. The van der Waals surface area contributed by atoms with E-state index in [2.05, 4.69) is 27.7 Å². The molecule has 0 N–H and O–H groups in total. The molecule has 0 aromatic rings. The lowest BCUT2D eigenvalue weighted by molar-refractivity contribution is -0.257. The molecule has 2 heteroatoms. The fourth-order valence-corrected chi connectivity index (χ4v) is 2.97. The van der Waals surface area contributed by atoms with Gasteiger partial charge in [0.25, 0.3) is 0 Å². The molecule has 0 fully saturated rings. The van der Waals surface area contributed by atoms with Gasteiger partial charge in [-0.15, -0.1) is 0 Å². The second-order valence-corrected chi connectivity index (χ2v) is 6.43. The van der Waals surface area contributed by atoms with E-state index in [9.17, 15) is 0 Å². The van der Waals surface area contributed by atoms with Gasteiger partial charge in [0.05, 0.1) is 0 Å². The molecule has 0 radical (unpaired) electrons. The van der Waals surface area contributed by atoms with Gasteiger partial charge in [-0.05, 0) is 19.3 Å². The number of rotatable bonds is 15. The lowest BCUT2D eigenvalue weighted by Gasteiger charge is -2.38. The zero-order valence-electron chi connectivity index (χ0n) is 15.4. The molecule has 0 aromatic heterocycles. The summed E-state index contributed by atoms with van der Waals surface area (Å²) >= 11 is 0. The van der Waals surface area contributed by atoms with E-state index in [4.69, 9.17) is 9.47 Å². The van der Waals surface area contributed by atoms with Gasteiger partial charge in [-0.1, -0.05) is 72.6 Å². The van der Waals surface area contributed by atoms with Crippen LogP contribution in [-0.4, -0.2) is 19.5 Å². The Morgan fingerprint density at radius 2 is 1.43 bits per heavy atom. The smallest absolute Gasteiger partial charge is 0.170 e. The molecule has 2 unspecified atom stereocenters. The summed E-state index contributed by atoms with van der Waals surface area (Å²) in [6.45, 7) is 9.78. The Labute approximate surface area is 134 Å². The third-order valence-corrected chi connectivity index (χ3v) is 4.52. The Morgan fingerprint density at radius 3 is 2.00 bits per heavy atom. The van der Waals surface area contributed by atoms with Crippen molar-refractivity contribution in [3.8, 4) is 0 Å². The van der Waals surface area contributed by atoms with Crippen LogP contribution in [0.2, 0.25) is 0 Å². The number of ether oxygens (including phenoxy) is 2. The highest BCUT2D eigenvalue weighted by atomic mass is 16.7. The van der Waals surface area contributed by atoms with Crippen LogP contribution in [0.3, 0.4) is 0 Å². The van der Waals surface area contributed by atoms with E-state index in [0.29, 0.717) is 5.92 Å². The summed E-state index contributed by atoms with van der Waals surface area (Å²) in [5.74, 6) is 0.127. The Balaban J connectivity index is 4.24. The summed E-state index contributed by atoms with van der Waals surface area (Å²) in [6, 6.07) is 0. The molecule has 0 bridgehead atoms.